The Hall–Kier alpha value is -0.260. The topological polar surface area (TPSA) is 35.5 Å². The number of hydrogen-bond acceptors (Lipinski definition) is 4. The molecule has 1 unspecified atom stereocenters. The van der Waals surface area contributed by atoms with Crippen LogP contribution in [0.1, 0.15) is 18.1 Å². The lowest BCUT2D eigenvalue weighted by atomic mass is 10.1. The number of rotatable bonds is 5. The molecule has 0 radical (unpaired) electrons. The third kappa shape index (κ3) is 4.36. The number of benzene rings is 1. The molecule has 0 amide bonds. The van der Waals surface area contributed by atoms with Crippen LogP contribution < -0.4 is 5.32 Å². The van der Waals surface area contributed by atoms with E-state index in [9.17, 15) is 5.11 Å². The molecule has 1 aromatic carbocycles. The first-order valence-electron chi connectivity index (χ1n) is 6.65. The molecule has 0 saturated carbocycles. The Labute approximate surface area is 124 Å². The second-order valence-corrected chi connectivity index (χ2v) is 6.07. The van der Waals surface area contributed by atoms with E-state index in [0.29, 0.717) is 5.02 Å². The van der Waals surface area contributed by atoms with E-state index in [1.165, 1.54) is 0 Å². The Bertz CT molecular complexity index is 410. The van der Waals surface area contributed by atoms with Crippen molar-refractivity contribution in [3.05, 3.63) is 28.8 Å². The number of nitrogens with zero attached hydrogens (tertiary/aromatic N) is 1. The highest BCUT2D eigenvalue weighted by Gasteiger charge is 2.16. The average Bonchev–Trinajstić information content (AvgIpc) is 2.46. The van der Waals surface area contributed by atoms with E-state index in [0.717, 1.165) is 49.6 Å². The quantitative estimate of drug-likeness (QED) is 0.819. The fraction of sp³-hybridized carbons (Fsp3) is 0.571. The van der Waals surface area contributed by atoms with Gasteiger partial charge in [0.25, 0.3) is 0 Å². The van der Waals surface area contributed by atoms with Crippen molar-refractivity contribution in [2.45, 2.75) is 17.4 Å². The molecule has 1 fully saturated rings. The van der Waals surface area contributed by atoms with Crippen LogP contribution in [-0.2, 0) is 0 Å². The van der Waals surface area contributed by atoms with Gasteiger partial charge in [0, 0.05) is 42.6 Å². The summed E-state index contributed by atoms with van der Waals surface area (Å²) in [6, 6.07) is 5.74. The van der Waals surface area contributed by atoms with Crippen molar-refractivity contribution in [3.63, 3.8) is 0 Å². The van der Waals surface area contributed by atoms with Gasteiger partial charge >= 0.3 is 0 Å². The number of aliphatic hydroxyl groups is 1. The molecule has 106 valence electrons. The van der Waals surface area contributed by atoms with Crippen LogP contribution in [0.5, 0.6) is 0 Å². The van der Waals surface area contributed by atoms with E-state index in [2.05, 4.69) is 10.2 Å². The van der Waals surface area contributed by atoms with Gasteiger partial charge in [-0.15, -0.1) is 11.8 Å². The largest absolute Gasteiger partial charge is 0.388 e. The Morgan fingerprint density at radius 2 is 2.16 bits per heavy atom. The van der Waals surface area contributed by atoms with Gasteiger partial charge in [0.2, 0.25) is 0 Å². The Morgan fingerprint density at radius 1 is 1.42 bits per heavy atom. The van der Waals surface area contributed by atoms with Crippen molar-refractivity contribution in [2.24, 2.45) is 0 Å². The fourth-order valence-electron chi connectivity index (χ4n) is 2.36. The van der Waals surface area contributed by atoms with Crippen LogP contribution in [0.15, 0.2) is 23.1 Å². The predicted octanol–water partition coefficient (Wildman–Crippen LogP) is 2.39. The van der Waals surface area contributed by atoms with Crippen molar-refractivity contribution in [2.75, 3.05) is 39.0 Å². The molecule has 0 aromatic heterocycles. The smallest absolute Gasteiger partial charge is 0.0813 e. The molecule has 5 heteroatoms. The molecule has 2 rings (SSSR count). The molecule has 2 N–H and O–H groups in total. The van der Waals surface area contributed by atoms with Gasteiger partial charge in [-0.3, -0.25) is 0 Å². The number of hydrogen-bond donors (Lipinski definition) is 2. The number of halogens is 1. The molecule has 0 bridgehead atoms. The van der Waals surface area contributed by atoms with Gasteiger partial charge in [0.05, 0.1) is 6.10 Å². The second kappa shape index (κ2) is 7.50. The number of thioether (sulfide) groups is 1. The summed E-state index contributed by atoms with van der Waals surface area (Å²) in [7, 11) is 0. The molecule has 1 aliphatic heterocycles. The van der Waals surface area contributed by atoms with E-state index < -0.39 is 6.10 Å². The monoisotopic (exact) mass is 300 g/mol. The Balaban J connectivity index is 1.94. The van der Waals surface area contributed by atoms with Crippen molar-refractivity contribution < 1.29 is 5.11 Å². The molecule has 1 saturated heterocycles. The van der Waals surface area contributed by atoms with Crippen LogP contribution in [0.3, 0.4) is 0 Å². The summed E-state index contributed by atoms with van der Waals surface area (Å²) in [4.78, 5) is 3.50. The maximum absolute atomic E-state index is 10.4. The van der Waals surface area contributed by atoms with Crippen LogP contribution in [0, 0.1) is 0 Å². The highest BCUT2D eigenvalue weighted by Crippen LogP contribution is 2.30. The number of nitrogens with one attached hydrogen (secondary N) is 1. The number of aliphatic hydroxyl groups excluding tert-OH is 1. The first kappa shape index (κ1) is 15.1. The summed E-state index contributed by atoms with van der Waals surface area (Å²) >= 11 is 7.68. The molecule has 1 heterocycles. The van der Waals surface area contributed by atoms with Gasteiger partial charge in [0.15, 0.2) is 0 Å². The van der Waals surface area contributed by atoms with Crippen molar-refractivity contribution in [3.8, 4) is 0 Å². The zero-order valence-electron chi connectivity index (χ0n) is 11.2. The lowest BCUT2D eigenvalue weighted by Crippen LogP contribution is -2.44. The van der Waals surface area contributed by atoms with Gasteiger partial charge in [-0.2, -0.15) is 0 Å². The summed E-state index contributed by atoms with van der Waals surface area (Å²) in [6.45, 7) is 5.16. The van der Waals surface area contributed by atoms with E-state index in [-0.39, 0.29) is 0 Å². The van der Waals surface area contributed by atoms with E-state index in [4.69, 9.17) is 11.6 Å². The van der Waals surface area contributed by atoms with Crippen molar-refractivity contribution >= 4 is 23.4 Å². The zero-order valence-corrected chi connectivity index (χ0v) is 12.8. The molecule has 1 aliphatic rings. The molecule has 1 atom stereocenters. The molecule has 3 nitrogen and oxygen atoms in total. The predicted molar refractivity (Wildman–Crippen MR) is 82.1 cm³/mol. The summed E-state index contributed by atoms with van der Waals surface area (Å²) in [5.74, 6) is 0. The van der Waals surface area contributed by atoms with E-state index in [1.807, 2.05) is 24.5 Å². The Kier molecular flexibility index (Phi) is 5.98. The van der Waals surface area contributed by atoms with Gasteiger partial charge in [-0.05, 0) is 36.4 Å². The van der Waals surface area contributed by atoms with Crippen LogP contribution in [0.2, 0.25) is 5.02 Å². The van der Waals surface area contributed by atoms with Crippen molar-refractivity contribution in [1.29, 1.82) is 0 Å². The minimum Gasteiger partial charge on any atom is -0.388 e. The Morgan fingerprint density at radius 3 is 2.84 bits per heavy atom. The minimum atomic E-state index is -0.434. The minimum absolute atomic E-state index is 0.434. The lowest BCUT2D eigenvalue weighted by Gasteiger charge is -2.28. The van der Waals surface area contributed by atoms with Gasteiger partial charge in [-0.25, -0.2) is 0 Å². The second-order valence-electron chi connectivity index (χ2n) is 4.78. The highest BCUT2D eigenvalue weighted by molar-refractivity contribution is 7.98. The molecule has 0 spiro atoms. The summed E-state index contributed by atoms with van der Waals surface area (Å²) in [5.41, 5.74) is 0.954. The number of piperazine rings is 1. The van der Waals surface area contributed by atoms with E-state index in [1.54, 1.807) is 11.8 Å². The van der Waals surface area contributed by atoms with Crippen LogP contribution in [0.25, 0.3) is 0 Å². The lowest BCUT2D eigenvalue weighted by molar-refractivity contribution is 0.134. The van der Waals surface area contributed by atoms with Crippen LogP contribution >= 0.6 is 23.4 Å². The first-order chi connectivity index (χ1) is 9.20. The molecule has 19 heavy (non-hydrogen) atoms. The van der Waals surface area contributed by atoms with Gasteiger partial charge in [-0.1, -0.05) is 11.6 Å². The normalized spacial score (nSPS) is 18.5. The molecular formula is C14H21ClN2OS. The standard InChI is InChI=1S/C14H21ClN2OS/c1-19-14-3-2-11(15)10-12(14)13(18)4-7-17-8-5-16-6-9-17/h2-3,10,13,16,18H,4-9H2,1H3. The van der Waals surface area contributed by atoms with Crippen molar-refractivity contribution in [1.82, 2.24) is 10.2 Å². The van der Waals surface area contributed by atoms with Gasteiger partial charge < -0.3 is 15.3 Å². The third-order valence-corrected chi connectivity index (χ3v) is 4.53. The SMILES string of the molecule is CSc1ccc(Cl)cc1C(O)CCN1CCNCC1. The van der Waals surface area contributed by atoms with Crippen LogP contribution in [0.4, 0.5) is 0 Å². The zero-order chi connectivity index (χ0) is 13.7. The van der Waals surface area contributed by atoms with Crippen LogP contribution in [-0.4, -0.2) is 49.0 Å². The summed E-state index contributed by atoms with van der Waals surface area (Å²) < 4.78 is 0. The van der Waals surface area contributed by atoms with Gasteiger partial charge in [0.1, 0.15) is 0 Å². The summed E-state index contributed by atoms with van der Waals surface area (Å²) in [5, 5.41) is 14.4. The van der Waals surface area contributed by atoms with E-state index >= 15 is 0 Å². The molecule has 1 aromatic rings. The highest BCUT2D eigenvalue weighted by atomic mass is 35.5. The average molecular weight is 301 g/mol. The maximum atomic E-state index is 10.4. The first-order valence-corrected chi connectivity index (χ1v) is 8.25. The molecule has 0 aliphatic carbocycles. The molecular weight excluding hydrogens is 280 g/mol. The fourth-order valence-corrected chi connectivity index (χ4v) is 3.18. The summed E-state index contributed by atoms with van der Waals surface area (Å²) in [6.07, 6.45) is 2.35. The third-order valence-electron chi connectivity index (χ3n) is 3.48. The maximum Gasteiger partial charge on any atom is 0.0813 e.